The van der Waals surface area contributed by atoms with Crippen molar-refractivity contribution in [2.45, 2.75) is 126 Å². The number of aliphatic hydroxyl groups is 9. The van der Waals surface area contributed by atoms with Crippen LogP contribution in [0.4, 0.5) is 4.39 Å². The average Bonchev–Trinajstić information content (AvgIpc) is 3.27. The highest BCUT2D eigenvalue weighted by Gasteiger charge is 2.78. The average molecular weight is 685 g/mol. The van der Waals surface area contributed by atoms with E-state index in [0.717, 1.165) is 0 Å². The number of hydrogen-bond acceptors (Lipinski definition) is 13. The number of aliphatic hydroxyl groups excluding tert-OH is 9. The number of allylic oxidation sites excluding steroid dienone is 4. The Labute approximate surface area is 277 Å². The Morgan fingerprint density at radius 2 is 1.46 bits per heavy atom. The third kappa shape index (κ3) is 4.61. The van der Waals surface area contributed by atoms with Crippen LogP contribution in [0.3, 0.4) is 0 Å². The Bertz CT molecular complexity index is 1350. The second-order valence-electron chi connectivity index (χ2n) is 15.5. The lowest BCUT2D eigenvalue weighted by Crippen LogP contribution is -2.72. The molecule has 14 heteroatoms. The highest BCUT2D eigenvalue weighted by Crippen LogP contribution is 2.74. The molecular formula is C34H49FO13. The summed E-state index contributed by atoms with van der Waals surface area (Å²) in [6.45, 7) is 3.59. The van der Waals surface area contributed by atoms with Crippen LogP contribution in [0.2, 0.25) is 0 Å². The highest BCUT2D eigenvalue weighted by molar-refractivity contribution is 6.01. The molecule has 0 radical (unpaired) electrons. The summed E-state index contributed by atoms with van der Waals surface area (Å²) in [7, 11) is 0. The third-order valence-electron chi connectivity index (χ3n) is 13.5. The van der Waals surface area contributed by atoms with Crippen molar-refractivity contribution in [2.24, 2.45) is 34.0 Å². The second-order valence-corrected chi connectivity index (χ2v) is 15.5. The zero-order valence-corrected chi connectivity index (χ0v) is 27.3. The summed E-state index contributed by atoms with van der Waals surface area (Å²) >= 11 is 0. The normalized spacial score (nSPS) is 55.0. The predicted molar refractivity (Wildman–Crippen MR) is 162 cm³/mol. The summed E-state index contributed by atoms with van der Waals surface area (Å²) in [5.74, 6) is -3.11. The standard InChI is InChI=1S/C34H49FO13/c1-14-8-18-17-5-4-15-9-16(38)6-7-31(15,2)34(17,35)23(40)11-32(18,3)33(14,30-29(46)28(45)26(43)21(13-37)48-30)22(39)10-19-24(41)27(44)25(42)20(12-36)47-19/h6-7,9,14,17-21,23-30,36-37,40-46H,4-5,8,10-13H2,1-3H3/t14?,17-,18-,19-,20+,21+,23?,24-,25-,26-,27+,28-,29+,30+,31-,32-,33+,34-/m0/s1. The Morgan fingerprint density at radius 1 is 0.875 bits per heavy atom. The summed E-state index contributed by atoms with van der Waals surface area (Å²) in [6.07, 6.45) is -14.0. The monoisotopic (exact) mass is 684 g/mol. The minimum absolute atomic E-state index is 0.215. The first kappa shape index (κ1) is 36.1. The molecule has 5 fully saturated rings. The van der Waals surface area contributed by atoms with Crippen LogP contribution in [0.15, 0.2) is 23.8 Å². The minimum Gasteiger partial charge on any atom is -0.394 e. The molecule has 4 aliphatic carbocycles. The summed E-state index contributed by atoms with van der Waals surface area (Å²) < 4.78 is 29.8. The van der Waals surface area contributed by atoms with Crippen LogP contribution < -0.4 is 0 Å². The van der Waals surface area contributed by atoms with Gasteiger partial charge in [-0.15, -0.1) is 0 Å². The van der Waals surface area contributed by atoms with Gasteiger partial charge in [0, 0.05) is 17.8 Å². The van der Waals surface area contributed by atoms with E-state index < -0.39 is 132 Å². The van der Waals surface area contributed by atoms with Gasteiger partial charge in [0.15, 0.2) is 11.5 Å². The quantitative estimate of drug-likeness (QED) is 0.151. The van der Waals surface area contributed by atoms with Gasteiger partial charge in [0.05, 0.1) is 36.9 Å². The molecule has 0 aromatic heterocycles. The van der Waals surface area contributed by atoms with Crippen molar-refractivity contribution in [2.75, 3.05) is 13.2 Å². The summed E-state index contributed by atoms with van der Waals surface area (Å²) in [4.78, 5) is 27.4. The van der Waals surface area contributed by atoms with E-state index in [1.54, 1.807) is 20.8 Å². The van der Waals surface area contributed by atoms with E-state index in [2.05, 4.69) is 0 Å². The number of Topliss-reactive ketones (excluding diaryl/α,β-unsaturated/α-hetero) is 1. The molecular weight excluding hydrogens is 635 g/mol. The zero-order chi connectivity index (χ0) is 35.3. The fourth-order valence-corrected chi connectivity index (χ4v) is 11.1. The van der Waals surface area contributed by atoms with Crippen LogP contribution in [0.25, 0.3) is 0 Å². The van der Waals surface area contributed by atoms with Crippen LogP contribution in [0, 0.1) is 34.0 Å². The van der Waals surface area contributed by atoms with Gasteiger partial charge in [0.2, 0.25) is 0 Å². The molecule has 13 nitrogen and oxygen atoms in total. The van der Waals surface area contributed by atoms with Gasteiger partial charge >= 0.3 is 0 Å². The molecule has 0 aromatic rings. The topological polar surface area (TPSA) is 235 Å². The molecule has 0 bridgehead atoms. The van der Waals surface area contributed by atoms with E-state index in [1.807, 2.05) is 0 Å². The second kappa shape index (κ2) is 12.2. The molecule has 270 valence electrons. The molecule has 48 heavy (non-hydrogen) atoms. The number of hydrogen-bond donors (Lipinski definition) is 9. The predicted octanol–water partition coefficient (Wildman–Crippen LogP) is -1.77. The summed E-state index contributed by atoms with van der Waals surface area (Å²) in [6, 6.07) is 0. The lowest BCUT2D eigenvalue weighted by molar-refractivity contribution is -0.283. The maximum absolute atomic E-state index is 17.9. The summed E-state index contributed by atoms with van der Waals surface area (Å²) in [5, 5.41) is 96.7. The van der Waals surface area contributed by atoms with Gasteiger partial charge in [-0.25, -0.2) is 4.39 Å². The van der Waals surface area contributed by atoms with Crippen LogP contribution >= 0.6 is 0 Å². The molecule has 9 N–H and O–H groups in total. The summed E-state index contributed by atoms with van der Waals surface area (Å²) in [5.41, 5.74) is -6.19. The van der Waals surface area contributed by atoms with E-state index in [9.17, 15) is 50.8 Å². The zero-order valence-electron chi connectivity index (χ0n) is 27.3. The molecule has 2 unspecified atom stereocenters. The Morgan fingerprint density at radius 3 is 2.08 bits per heavy atom. The van der Waals surface area contributed by atoms with Crippen LogP contribution in [-0.4, -0.2) is 144 Å². The number of ether oxygens (including phenoxy) is 2. The SMILES string of the molecule is CC1C[C@H]2[C@@H]3CCC4=CC(=O)C=C[C@]4(C)[C@@]3(F)C(O)C[C@]2(C)[C@]1(C(=O)C[C@@H]1O[C@H](CO)[C@H](O)[C@H](O)[C@H]1O)[C@@H]1O[C@H](CO)[C@H](O)[C@H](O)[C@H]1O. The molecule has 0 amide bonds. The molecule has 0 aromatic carbocycles. The third-order valence-corrected chi connectivity index (χ3v) is 13.5. The van der Waals surface area contributed by atoms with Gasteiger partial charge in [0.1, 0.15) is 54.6 Å². The largest absolute Gasteiger partial charge is 0.394 e. The van der Waals surface area contributed by atoms with Crippen molar-refractivity contribution >= 4 is 11.6 Å². The fourth-order valence-electron chi connectivity index (χ4n) is 11.1. The first-order chi connectivity index (χ1) is 22.4. The maximum atomic E-state index is 17.9. The number of halogens is 1. The molecule has 18 atom stereocenters. The Balaban J connectivity index is 1.48. The molecule has 6 aliphatic rings. The van der Waals surface area contributed by atoms with E-state index in [0.29, 0.717) is 12.0 Å². The molecule has 6 rings (SSSR count). The van der Waals surface area contributed by atoms with E-state index in [1.165, 1.54) is 18.2 Å². The number of alkyl halides is 1. The first-order valence-electron chi connectivity index (χ1n) is 16.9. The molecule has 2 heterocycles. The lowest BCUT2D eigenvalue weighted by atomic mass is 9.42. The first-order valence-corrected chi connectivity index (χ1v) is 16.9. The van der Waals surface area contributed by atoms with Gasteiger partial charge < -0.3 is 55.4 Å². The molecule has 0 spiro atoms. The fraction of sp³-hybridized carbons (Fsp3) is 0.824. The number of fused-ring (bicyclic) bond motifs is 5. The Hall–Kier alpha value is -1.69. The van der Waals surface area contributed by atoms with Gasteiger partial charge in [0.25, 0.3) is 0 Å². The van der Waals surface area contributed by atoms with E-state index >= 15 is 9.18 Å². The smallest absolute Gasteiger partial charge is 0.178 e. The van der Waals surface area contributed by atoms with Crippen molar-refractivity contribution in [3.63, 3.8) is 0 Å². The number of carbonyl (C=O) groups excluding carboxylic acids is 2. The van der Waals surface area contributed by atoms with E-state index in [4.69, 9.17) is 9.47 Å². The van der Waals surface area contributed by atoms with Crippen molar-refractivity contribution in [3.05, 3.63) is 23.8 Å². The Kier molecular flexibility index (Phi) is 9.20. The van der Waals surface area contributed by atoms with Crippen LogP contribution in [0.1, 0.15) is 52.9 Å². The molecule has 3 saturated carbocycles. The maximum Gasteiger partial charge on any atom is 0.178 e. The van der Waals surface area contributed by atoms with Crippen molar-refractivity contribution in [1.29, 1.82) is 0 Å². The van der Waals surface area contributed by atoms with Gasteiger partial charge in [-0.3, -0.25) is 9.59 Å². The van der Waals surface area contributed by atoms with Gasteiger partial charge in [-0.05, 0) is 62.0 Å². The van der Waals surface area contributed by atoms with Crippen molar-refractivity contribution in [1.82, 2.24) is 0 Å². The minimum atomic E-state index is -2.25. The molecule has 2 saturated heterocycles. The molecule has 2 aliphatic heterocycles. The van der Waals surface area contributed by atoms with Gasteiger partial charge in [-0.2, -0.15) is 0 Å². The lowest BCUT2D eigenvalue weighted by Gasteiger charge is -2.64. The van der Waals surface area contributed by atoms with Crippen molar-refractivity contribution < 1.29 is 69.4 Å². The van der Waals surface area contributed by atoms with Crippen LogP contribution in [0.5, 0.6) is 0 Å². The highest BCUT2D eigenvalue weighted by atomic mass is 19.1. The van der Waals surface area contributed by atoms with Crippen molar-refractivity contribution in [3.8, 4) is 0 Å². The number of carbonyl (C=O) groups is 2. The number of rotatable bonds is 6. The van der Waals surface area contributed by atoms with Gasteiger partial charge in [-0.1, -0.05) is 25.5 Å². The van der Waals surface area contributed by atoms with Crippen LogP contribution in [-0.2, 0) is 19.1 Å². The number of ketones is 2. The van der Waals surface area contributed by atoms with E-state index in [-0.39, 0.29) is 25.0 Å².